The molecule has 2 fully saturated rings. The van der Waals surface area contributed by atoms with Crippen LogP contribution in [0.2, 0.25) is 0 Å². The molecule has 0 radical (unpaired) electrons. The molecule has 98 valence electrons. The molecule has 1 saturated heterocycles. The van der Waals surface area contributed by atoms with Gasteiger partial charge in [0.15, 0.2) is 11.2 Å². The van der Waals surface area contributed by atoms with Gasteiger partial charge in [0.1, 0.15) is 12.2 Å². The summed E-state index contributed by atoms with van der Waals surface area (Å²) in [4.78, 5) is 22.8. The van der Waals surface area contributed by atoms with Gasteiger partial charge in [-0.1, -0.05) is 6.08 Å². The molecule has 2 aliphatic carbocycles. The van der Waals surface area contributed by atoms with E-state index in [0.29, 0.717) is 12.8 Å². The fourth-order valence-electron chi connectivity index (χ4n) is 3.42. The summed E-state index contributed by atoms with van der Waals surface area (Å²) in [5.74, 6) is -0.727. The fraction of sp³-hybridized carbons (Fsp3) is 0.692. The second-order valence-electron chi connectivity index (χ2n) is 5.20. The van der Waals surface area contributed by atoms with Gasteiger partial charge >= 0.3 is 11.9 Å². The predicted octanol–water partition coefficient (Wildman–Crippen LogP) is 1.11. The van der Waals surface area contributed by atoms with Crippen molar-refractivity contribution in [2.45, 2.75) is 56.5 Å². The Hall–Kier alpha value is -1.36. The van der Waals surface area contributed by atoms with E-state index < -0.39 is 11.2 Å². The van der Waals surface area contributed by atoms with Crippen molar-refractivity contribution in [3.63, 3.8) is 0 Å². The van der Waals surface area contributed by atoms with Crippen molar-refractivity contribution < 1.29 is 23.8 Å². The van der Waals surface area contributed by atoms with Crippen LogP contribution in [0.3, 0.4) is 0 Å². The molecule has 4 atom stereocenters. The third kappa shape index (κ3) is 1.43. The highest BCUT2D eigenvalue weighted by molar-refractivity contribution is 5.69. The third-order valence-corrected chi connectivity index (χ3v) is 4.00. The number of rotatable bonds is 2. The zero-order valence-electron chi connectivity index (χ0n) is 10.5. The first-order valence-electron chi connectivity index (χ1n) is 6.23. The average Bonchev–Trinajstić information content (AvgIpc) is 2.96. The van der Waals surface area contributed by atoms with Gasteiger partial charge in [0.25, 0.3) is 0 Å². The van der Waals surface area contributed by atoms with Gasteiger partial charge in [-0.25, -0.2) is 0 Å². The van der Waals surface area contributed by atoms with Crippen LogP contribution in [0.15, 0.2) is 12.2 Å². The standard InChI is InChI=1S/C13H16O5/c1-8(14)17-12-5-3-6-13(12,18-9(2)15)11-10(16-11)4-7-12/h4,7,10-11H,3,5-6H2,1-2H3/t10-,11-,12+,13+/m0/s1. The van der Waals surface area contributed by atoms with E-state index in [-0.39, 0.29) is 24.1 Å². The molecular formula is C13H16O5. The summed E-state index contributed by atoms with van der Waals surface area (Å²) in [5, 5.41) is 0. The normalized spacial score (nSPS) is 43.9. The van der Waals surface area contributed by atoms with Gasteiger partial charge in [-0.15, -0.1) is 0 Å². The number of ether oxygens (including phenoxy) is 3. The number of fused-ring (bicyclic) bond motifs is 3. The Kier molecular flexibility index (Phi) is 2.32. The van der Waals surface area contributed by atoms with Crippen LogP contribution in [-0.2, 0) is 23.8 Å². The molecular weight excluding hydrogens is 236 g/mol. The van der Waals surface area contributed by atoms with Crippen LogP contribution in [0.1, 0.15) is 33.1 Å². The van der Waals surface area contributed by atoms with Gasteiger partial charge < -0.3 is 14.2 Å². The lowest BCUT2D eigenvalue weighted by Gasteiger charge is -2.42. The van der Waals surface area contributed by atoms with E-state index >= 15 is 0 Å². The average molecular weight is 252 g/mol. The summed E-state index contributed by atoms with van der Waals surface area (Å²) in [6.45, 7) is 2.75. The van der Waals surface area contributed by atoms with E-state index in [1.165, 1.54) is 13.8 Å². The molecule has 0 bridgehead atoms. The summed E-state index contributed by atoms with van der Waals surface area (Å²) < 4.78 is 16.6. The molecule has 3 rings (SSSR count). The Morgan fingerprint density at radius 2 is 1.94 bits per heavy atom. The molecule has 0 amide bonds. The number of hydrogen-bond donors (Lipinski definition) is 0. The van der Waals surface area contributed by atoms with Crippen molar-refractivity contribution in [3.05, 3.63) is 12.2 Å². The molecule has 0 aromatic rings. The first-order valence-corrected chi connectivity index (χ1v) is 6.23. The number of esters is 2. The first-order chi connectivity index (χ1) is 8.49. The van der Waals surface area contributed by atoms with E-state index in [1.54, 1.807) is 0 Å². The summed E-state index contributed by atoms with van der Waals surface area (Å²) in [6.07, 6.45) is 5.75. The molecule has 18 heavy (non-hydrogen) atoms. The molecule has 3 aliphatic rings. The minimum Gasteiger partial charge on any atom is -0.452 e. The first kappa shape index (κ1) is 11.7. The van der Waals surface area contributed by atoms with Gasteiger partial charge in [-0.2, -0.15) is 0 Å². The maximum atomic E-state index is 11.4. The Labute approximate surface area is 105 Å². The smallest absolute Gasteiger partial charge is 0.303 e. The zero-order valence-corrected chi connectivity index (χ0v) is 10.5. The Bertz CT molecular complexity index is 443. The van der Waals surface area contributed by atoms with Crippen LogP contribution in [0.25, 0.3) is 0 Å². The van der Waals surface area contributed by atoms with Gasteiger partial charge in [-0.05, 0) is 25.3 Å². The fourth-order valence-corrected chi connectivity index (χ4v) is 3.42. The molecule has 0 N–H and O–H groups in total. The number of carbonyl (C=O) groups is 2. The topological polar surface area (TPSA) is 65.1 Å². The quantitative estimate of drug-likeness (QED) is 0.418. The van der Waals surface area contributed by atoms with Crippen molar-refractivity contribution in [1.29, 1.82) is 0 Å². The maximum absolute atomic E-state index is 11.4. The SMILES string of the molecule is CC(=O)O[C@]12C=C[C@@H]3O[C@@H]3[C@]1(OC(C)=O)CCC2. The lowest BCUT2D eigenvalue weighted by molar-refractivity contribution is -0.198. The van der Waals surface area contributed by atoms with Gasteiger partial charge in [-0.3, -0.25) is 9.59 Å². The van der Waals surface area contributed by atoms with E-state index in [9.17, 15) is 9.59 Å². The molecule has 1 heterocycles. The van der Waals surface area contributed by atoms with E-state index in [4.69, 9.17) is 14.2 Å². The van der Waals surface area contributed by atoms with Gasteiger partial charge in [0, 0.05) is 13.8 Å². The van der Waals surface area contributed by atoms with Gasteiger partial charge in [0.05, 0.1) is 0 Å². The zero-order chi connectivity index (χ0) is 13.0. The highest BCUT2D eigenvalue weighted by atomic mass is 16.7. The second kappa shape index (κ2) is 3.57. The summed E-state index contributed by atoms with van der Waals surface area (Å²) in [5.41, 5.74) is -1.67. The lowest BCUT2D eigenvalue weighted by Crippen LogP contribution is -2.59. The predicted molar refractivity (Wildman–Crippen MR) is 60.6 cm³/mol. The lowest BCUT2D eigenvalue weighted by atomic mass is 9.77. The summed E-state index contributed by atoms with van der Waals surface area (Å²) >= 11 is 0. The number of carbonyl (C=O) groups excluding carboxylic acids is 2. The van der Waals surface area contributed by atoms with Crippen LogP contribution in [0.4, 0.5) is 0 Å². The Morgan fingerprint density at radius 3 is 2.61 bits per heavy atom. The van der Waals surface area contributed by atoms with Crippen LogP contribution in [0.5, 0.6) is 0 Å². The largest absolute Gasteiger partial charge is 0.452 e. The molecule has 0 spiro atoms. The summed E-state index contributed by atoms with van der Waals surface area (Å²) in [7, 11) is 0. The minimum absolute atomic E-state index is 0.00821. The van der Waals surface area contributed by atoms with E-state index in [1.807, 2.05) is 12.2 Å². The molecule has 1 saturated carbocycles. The molecule has 5 heteroatoms. The maximum Gasteiger partial charge on any atom is 0.303 e. The molecule has 1 aliphatic heterocycles. The van der Waals surface area contributed by atoms with Crippen LogP contribution >= 0.6 is 0 Å². The monoisotopic (exact) mass is 252 g/mol. The van der Waals surface area contributed by atoms with Crippen molar-refractivity contribution in [3.8, 4) is 0 Å². The van der Waals surface area contributed by atoms with Crippen LogP contribution in [0, 0.1) is 0 Å². The number of epoxide rings is 1. The summed E-state index contributed by atoms with van der Waals surface area (Å²) in [6, 6.07) is 0. The van der Waals surface area contributed by atoms with Crippen molar-refractivity contribution in [2.75, 3.05) is 0 Å². The number of hydrogen-bond acceptors (Lipinski definition) is 5. The van der Waals surface area contributed by atoms with E-state index in [2.05, 4.69) is 0 Å². The van der Waals surface area contributed by atoms with Crippen molar-refractivity contribution >= 4 is 11.9 Å². The van der Waals surface area contributed by atoms with E-state index in [0.717, 1.165) is 6.42 Å². The van der Waals surface area contributed by atoms with Crippen molar-refractivity contribution in [2.24, 2.45) is 0 Å². The third-order valence-electron chi connectivity index (χ3n) is 4.00. The molecule has 5 nitrogen and oxygen atoms in total. The van der Waals surface area contributed by atoms with Crippen LogP contribution < -0.4 is 0 Å². The molecule has 0 aromatic heterocycles. The van der Waals surface area contributed by atoms with Crippen LogP contribution in [-0.4, -0.2) is 35.3 Å². The second-order valence-corrected chi connectivity index (χ2v) is 5.20. The van der Waals surface area contributed by atoms with Gasteiger partial charge in [0.2, 0.25) is 0 Å². The molecule has 0 unspecified atom stereocenters. The van der Waals surface area contributed by atoms with Crippen molar-refractivity contribution in [1.82, 2.24) is 0 Å². The molecule has 0 aromatic carbocycles. The Balaban J connectivity index is 2.02. The highest BCUT2D eigenvalue weighted by Crippen LogP contribution is 2.57. The highest BCUT2D eigenvalue weighted by Gasteiger charge is 2.72. The Morgan fingerprint density at radius 1 is 1.22 bits per heavy atom. The minimum atomic E-state index is -0.845.